The Labute approximate surface area is 117 Å². The van der Waals surface area contributed by atoms with E-state index in [1.54, 1.807) is 12.4 Å². The maximum absolute atomic E-state index is 5.62. The van der Waals surface area contributed by atoms with Crippen molar-refractivity contribution in [3.8, 4) is 17.1 Å². The van der Waals surface area contributed by atoms with Crippen LogP contribution in [0, 0.1) is 0 Å². The molecule has 0 saturated carbocycles. The Hall–Kier alpha value is -2.53. The highest BCUT2D eigenvalue weighted by atomic mass is 15.3. The number of nitrogens with two attached hydrogens (primary N) is 1. The van der Waals surface area contributed by atoms with E-state index in [1.165, 1.54) is 0 Å². The summed E-state index contributed by atoms with van der Waals surface area (Å²) in [6, 6.07) is 11.7. The van der Waals surface area contributed by atoms with E-state index in [-0.39, 0.29) is 0 Å². The van der Waals surface area contributed by atoms with E-state index in [9.17, 15) is 0 Å². The topological polar surface area (TPSA) is 69.6 Å². The van der Waals surface area contributed by atoms with E-state index < -0.39 is 0 Å². The van der Waals surface area contributed by atoms with E-state index in [4.69, 9.17) is 5.73 Å². The Morgan fingerprint density at radius 1 is 1.10 bits per heavy atom. The predicted molar refractivity (Wildman–Crippen MR) is 77.3 cm³/mol. The highest BCUT2D eigenvalue weighted by Gasteiger charge is 2.11. The number of hydrogen-bond donors (Lipinski definition) is 1. The van der Waals surface area contributed by atoms with Crippen molar-refractivity contribution in [3.05, 3.63) is 60.7 Å². The monoisotopic (exact) mass is 265 g/mol. The van der Waals surface area contributed by atoms with Gasteiger partial charge in [0.05, 0.1) is 11.4 Å². The van der Waals surface area contributed by atoms with Crippen molar-refractivity contribution < 1.29 is 0 Å². The van der Waals surface area contributed by atoms with Crippen molar-refractivity contribution in [2.45, 2.75) is 6.42 Å². The molecule has 5 nitrogen and oxygen atoms in total. The van der Waals surface area contributed by atoms with Gasteiger partial charge in [-0.05, 0) is 36.9 Å². The number of nitrogens with zero attached hydrogens (tertiary/aromatic N) is 4. The summed E-state index contributed by atoms with van der Waals surface area (Å²) >= 11 is 0. The first kappa shape index (κ1) is 12.5. The average molecular weight is 265 g/mol. The van der Waals surface area contributed by atoms with Gasteiger partial charge in [0.1, 0.15) is 0 Å². The average Bonchev–Trinajstić information content (AvgIpc) is 2.93. The Balaban J connectivity index is 2.13. The molecule has 0 bridgehead atoms. The lowest BCUT2D eigenvalue weighted by atomic mass is 10.2. The molecule has 0 amide bonds. The zero-order valence-corrected chi connectivity index (χ0v) is 11.0. The maximum Gasteiger partial charge on any atom is 0.153 e. The molecule has 0 unspecified atom stereocenters. The molecule has 0 aromatic carbocycles. The molecule has 3 heterocycles. The highest BCUT2D eigenvalue weighted by Crippen LogP contribution is 2.22. The zero-order valence-electron chi connectivity index (χ0n) is 11.0. The van der Waals surface area contributed by atoms with Gasteiger partial charge < -0.3 is 5.73 Å². The van der Waals surface area contributed by atoms with Crippen LogP contribution in [0.25, 0.3) is 17.1 Å². The highest BCUT2D eigenvalue weighted by molar-refractivity contribution is 5.60. The van der Waals surface area contributed by atoms with Crippen molar-refractivity contribution >= 4 is 0 Å². The van der Waals surface area contributed by atoms with Gasteiger partial charge in [-0.15, -0.1) is 0 Å². The molecule has 0 saturated heterocycles. The van der Waals surface area contributed by atoms with Crippen LogP contribution in [0.15, 0.2) is 55.0 Å². The van der Waals surface area contributed by atoms with Gasteiger partial charge in [0, 0.05) is 30.6 Å². The Morgan fingerprint density at radius 2 is 2.05 bits per heavy atom. The molecular formula is C15H15N5. The largest absolute Gasteiger partial charge is 0.330 e. The first-order valence-electron chi connectivity index (χ1n) is 6.49. The minimum Gasteiger partial charge on any atom is -0.330 e. The summed E-state index contributed by atoms with van der Waals surface area (Å²) in [6.07, 6.45) is 6.08. The van der Waals surface area contributed by atoms with Crippen LogP contribution < -0.4 is 5.73 Å². The number of rotatable bonds is 4. The minimum atomic E-state index is 0.575. The van der Waals surface area contributed by atoms with Gasteiger partial charge in [-0.2, -0.15) is 5.10 Å². The molecule has 0 atom stereocenters. The molecule has 5 heteroatoms. The van der Waals surface area contributed by atoms with Gasteiger partial charge in [-0.25, -0.2) is 9.67 Å². The van der Waals surface area contributed by atoms with Gasteiger partial charge >= 0.3 is 0 Å². The number of pyridine rings is 2. The fourth-order valence-corrected chi connectivity index (χ4v) is 2.07. The molecule has 0 radical (unpaired) electrons. The second-order valence-corrected chi connectivity index (χ2v) is 4.40. The lowest BCUT2D eigenvalue weighted by Gasteiger charge is -2.05. The van der Waals surface area contributed by atoms with E-state index >= 15 is 0 Å². The quantitative estimate of drug-likeness (QED) is 0.781. The van der Waals surface area contributed by atoms with E-state index in [0.717, 1.165) is 29.2 Å². The van der Waals surface area contributed by atoms with Crippen LogP contribution in [0.5, 0.6) is 0 Å². The van der Waals surface area contributed by atoms with E-state index in [2.05, 4.69) is 15.1 Å². The standard InChI is InChI=1S/C15H15N5/c16-7-6-13-10-14(12-4-3-8-17-11-12)20(19-13)15-5-1-2-9-18-15/h1-5,8-11H,6-7,16H2. The fourth-order valence-electron chi connectivity index (χ4n) is 2.07. The van der Waals surface area contributed by atoms with Crippen molar-refractivity contribution in [2.75, 3.05) is 6.54 Å². The lowest BCUT2D eigenvalue weighted by molar-refractivity contribution is 0.806. The molecule has 20 heavy (non-hydrogen) atoms. The zero-order chi connectivity index (χ0) is 13.8. The molecular weight excluding hydrogens is 250 g/mol. The summed E-state index contributed by atoms with van der Waals surface area (Å²) in [6.45, 7) is 0.575. The number of hydrogen-bond acceptors (Lipinski definition) is 4. The summed E-state index contributed by atoms with van der Waals surface area (Å²) in [5, 5.41) is 4.59. The van der Waals surface area contributed by atoms with Crippen LogP contribution in [-0.4, -0.2) is 26.3 Å². The minimum absolute atomic E-state index is 0.575. The van der Waals surface area contributed by atoms with Crippen LogP contribution in [-0.2, 0) is 6.42 Å². The molecule has 0 aliphatic heterocycles. The fraction of sp³-hybridized carbons (Fsp3) is 0.133. The van der Waals surface area contributed by atoms with E-state index in [1.807, 2.05) is 47.3 Å². The van der Waals surface area contributed by atoms with Gasteiger partial charge in [-0.3, -0.25) is 4.98 Å². The molecule has 2 N–H and O–H groups in total. The Bertz CT molecular complexity index is 619. The molecule has 3 aromatic rings. The SMILES string of the molecule is NCCc1cc(-c2cccnc2)n(-c2ccccn2)n1. The first-order chi connectivity index (χ1) is 9.88. The summed E-state index contributed by atoms with van der Waals surface area (Å²) in [4.78, 5) is 8.52. The predicted octanol–water partition coefficient (Wildman–Crippen LogP) is 1.83. The molecule has 0 aliphatic carbocycles. The van der Waals surface area contributed by atoms with Crippen LogP contribution in [0.4, 0.5) is 0 Å². The summed E-state index contributed by atoms with van der Waals surface area (Å²) < 4.78 is 1.84. The third kappa shape index (κ3) is 2.44. The van der Waals surface area contributed by atoms with E-state index in [0.29, 0.717) is 6.54 Å². The molecule has 0 aliphatic rings. The third-order valence-electron chi connectivity index (χ3n) is 2.98. The molecule has 3 rings (SSSR count). The summed E-state index contributed by atoms with van der Waals surface area (Å²) in [7, 11) is 0. The van der Waals surface area contributed by atoms with Crippen LogP contribution in [0.3, 0.4) is 0 Å². The van der Waals surface area contributed by atoms with Crippen LogP contribution in [0.1, 0.15) is 5.69 Å². The Kier molecular flexibility index (Phi) is 3.52. The van der Waals surface area contributed by atoms with Crippen molar-refractivity contribution in [1.82, 2.24) is 19.7 Å². The molecule has 0 fully saturated rings. The van der Waals surface area contributed by atoms with Crippen LogP contribution in [0.2, 0.25) is 0 Å². The molecule has 0 spiro atoms. The Morgan fingerprint density at radius 3 is 2.75 bits per heavy atom. The van der Waals surface area contributed by atoms with Crippen molar-refractivity contribution in [1.29, 1.82) is 0 Å². The van der Waals surface area contributed by atoms with Gasteiger partial charge in [0.25, 0.3) is 0 Å². The second-order valence-electron chi connectivity index (χ2n) is 4.40. The summed E-state index contributed by atoms with van der Waals surface area (Å²) in [5.41, 5.74) is 8.56. The number of aromatic nitrogens is 4. The van der Waals surface area contributed by atoms with Crippen LogP contribution >= 0.6 is 0 Å². The lowest BCUT2D eigenvalue weighted by Crippen LogP contribution is -2.05. The third-order valence-corrected chi connectivity index (χ3v) is 2.98. The summed E-state index contributed by atoms with van der Waals surface area (Å²) in [5.74, 6) is 0.787. The smallest absolute Gasteiger partial charge is 0.153 e. The first-order valence-corrected chi connectivity index (χ1v) is 6.49. The second kappa shape index (κ2) is 5.63. The van der Waals surface area contributed by atoms with Crippen molar-refractivity contribution in [2.24, 2.45) is 5.73 Å². The maximum atomic E-state index is 5.62. The normalized spacial score (nSPS) is 10.7. The van der Waals surface area contributed by atoms with Gasteiger partial charge in [-0.1, -0.05) is 6.07 Å². The van der Waals surface area contributed by atoms with Gasteiger partial charge in [0.2, 0.25) is 0 Å². The van der Waals surface area contributed by atoms with Gasteiger partial charge in [0.15, 0.2) is 5.82 Å². The molecule has 3 aromatic heterocycles. The van der Waals surface area contributed by atoms with Crippen molar-refractivity contribution in [3.63, 3.8) is 0 Å². The molecule has 100 valence electrons.